The highest BCUT2D eigenvalue weighted by molar-refractivity contribution is 6.32. The van der Waals surface area contributed by atoms with Gasteiger partial charge in [0, 0.05) is 48.6 Å². The lowest BCUT2D eigenvalue weighted by Crippen LogP contribution is -2.65. The molecule has 0 spiro atoms. The molecule has 9 aliphatic rings. The molecule has 16 rings (SSSR count). The van der Waals surface area contributed by atoms with Crippen molar-refractivity contribution in [3.8, 4) is 80.1 Å². The Labute approximate surface area is 759 Å². The van der Waals surface area contributed by atoms with Gasteiger partial charge in [-0.1, -0.05) is 87.0 Å². The number of carbonyl (C=O) groups is 9. The fourth-order valence-electron chi connectivity index (χ4n) is 16.5. The topological polar surface area (TPSA) is 662 Å². The number of aliphatic carboxylic acids is 1. The number of amides is 8. The maximum Gasteiger partial charge on any atom is 0.330 e. The van der Waals surface area contributed by atoms with Crippen LogP contribution in [0, 0.1) is 5.92 Å². The summed E-state index contributed by atoms with van der Waals surface area (Å²) < 4.78 is 57.5. The number of carboxylic acid groups (broad SMARTS) is 1. The van der Waals surface area contributed by atoms with Gasteiger partial charge in [0.15, 0.2) is 35.3 Å². The second kappa shape index (κ2) is 40.6. The molecule has 1 unspecified atom stereocenters. The van der Waals surface area contributed by atoms with Crippen molar-refractivity contribution in [1.82, 2.24) is 42.5 Å². The maximum atomic E-state index is 17.0. The summed E-state index contributed by atoms with van der Waals surface area (Å²) in [5.74, 6) is -19.2. The number of nitrogens with two attached hydrogens (primary N) is 1. The van der Waals surface area contributed by atoms with Crippen LogP contribution in [0.4, 0.5) is 0 Å². The van der Waals surface area contributed by atoms with Crippen LogP contribution in [0.1, 0.15) is 135 Å². The Bertz CT molecular complexity index is 5560. The van der Waals surface area contributed by atoms with Gasteiger partial charge in [0.05, 0.1) is 29.9 Å². The number of hydrogen-bond acceptors (Lipinski definition) is 33. The van der Waals surface area contributed by atoms with Crippen molar-refractivity contribution in [3.63, 3.8) is 0 Å². The van der Waals surface area contributed by atoms with Gasteiger partial charge in [0.25, 0.3) is 0 Å². The number of phenolic OH excluding ortho intramolecular Hbond substituents is 4. The molecule has 3 fully saturated rings. The van der Waals surface area contributed by atoms with E-state index < -0.39 is 316 Å². The number of rotatable bonds is 19. The molecule has 44 heteroatoms. The first-order chi connectivity index (χ1) is 62.9. The normalized spacial score (nSPS) is 28.9. The Morgan fingerprint density at radius 1 is 0.500 bits per heavy atom. The molecule has 132 heavy (non-hydrogen) atoms. The van der Waals surface area contributed by atoms with Gasteiger partial charge in [-0.05, 0) is 125 Å². The molecule has 8 amide bonds. The van der Waals surface area contributed by atoms with Gasteiger partial charge in [-0.25, -0.2) is 4.79 Å². The van der Waals surface area contributed by atoms with Crippen LogP contribution in [0.5, 0.6) is 69.0 Å². The van der Waals surface area contributed by atoms with E-state index in [-0.39, 0.29) is 39.8 Å². The van der Waals surface area contributed by atoms with E-state index in [4.69, 9.17) is 71.6 Å². The van der Waals surface area contributed by atoms with E-state index in [9.17, 15) is 95.8 Å². The molecular weight excluding hydrogens is 1780 g/mol. The molecular formula is C88H97Cl2N9O33. The number of carbonyl (C=O) groups excluding carboxylic acids is 8. The highest BCUT2D eigenvalue weighted by Crippen LogP contribution is 2.51. The number of aliphatic hydroxyl groups is 10. The monoisotopic (exact) mass is 1880 g/mol. The zero-order chi connectivity index (χ0) is 94.9. The van der Waals surface area contributed by atoms with Crippen molar-refractivity contribution in [2.24, 2.45) is 11.7 Å². The van der Waals surface area contributed by atoms with Crippen molar-refractivity contribution in [3.05, 3.63) is 164 Å². The van der Waals surface area contributed by atoms with E-state index in [0.717, 1.165) is 111 Å². The third-order valence-corrected chi connectivity index (χ3v) is 24.0. The number of halogens is 2. The van der Waals surface area contributed by atoms with Crippen LogP contribution in [0.2, 0.25) is 10.0 Å². The van der Waals surface area contributed by atoms with Gasteiger partial charge in [-0.3, -0.25) is 38.4 Å². The molecule has 42 nitrogen and oxygen atoms in total. The van der Waals surface area contributed by atoms with Crippen LogP contribution in [0.15, 0.2) is 115 Å². The summed E-state index contributed by atoms with van der Waals surface area (Å²) in [4.78, 5) is 138. The molecule has 9 aliphatic heterocycles. The van der Waals surface area contributed by atoms with Crippen molar-refractivity contribution in [1.29, 1.82) is 0 Å². The summed E-state index contributed by atoms with van der Waals surface area (Å²) in [6.45, 7) is 1.97. The number of benzene rings is 7. The number of unbranched alkanes of at least 4 members (excludes halogenated alkanes) is 3. The minimum absolute atomic E-state index is 0.0267. The molecule has 0 aromatic heterocycles. The van der Waals surface area contributed by atoms with Crippen molar-refractivity contribution >= 4 is 76.4 Å². The Balaban J connectivity index is 1.04. The van der Waals surface area contributed by atoms with Crippen LogP contribution in [0.25, 0.3) is 11.1 Å². The minimum atomic E-state index is -2.59. The Morgan fingerprint density at radius 2 is 1.05 bits per heavy atom. The molecule has 7 aromatic rings. The van der Waals surface area contributed by atoms with Gasteiger partial charge in [-0.2, -0.15) is 0 Å². The second-order valence-corrected chi connectivity index (χ2v) is 34.0. The van der Waals surface area contributed by atoms with Gasteiger partial charge in [0.2, 0.25) is 65.6 Å². The second-order valence-electron chi connectivity index (χ2n) is 33.2. The van der Waals surface area contributed by atoms with E-state index in [1.165, 1.54) is 30.3 Å². The van der Waals surface area contributed by atoms with Crippen molar-refractivity contribution in [2.45, 2.75) is 206 Å². The molecule has 0 aliphatic carbocycles. The molecule has 7 aromatic carbocycles. The SMILES string of the molecule is CC(=O)N[C@H]1[C@H](OC2c3ccc(c(Cl)c3)Oc3cc4cc(c3O[C@@H]3O[C@H](CO)[C@@H](O)[C@H](O)[C@H]3NC(=O)CCCCCCC(C)C)Oc3ccc(cc3Cl)C[C@H]3NC(=O)[C@H](N)c5ccc(O)c(c5)Oc5cc(O)cc(c5)[C@H](NC3=O)C(=O)N[C@H]4C(=O)N[C@H]3C(=O)N[C@@H]2C(=O)N[C@H](C(=O)O)c2cc(O)cc(O[C@H]4O[C@H](CO)[C@@H](O)[C@H](O)[C@@H]4O)c2-c2cc3ccc2O)O[C@H](CO)[C@@H](O)[C@@H]1O. The summed E-state index contributed by atoms with van der Waals surface area (Å²) in [5.41, 5.74) is 2.79. The molecule has 23 atom stereocenters. The molecule has 17 bridgehead atoms. The minimum Gasteiger partial charge on any atom is -0.508 e. The number of aliphatic hydroxyl groups excluding tert-OH is 10. The Hall–Kier alpha value is -12.0. The number of carboxylic acids is 1. The lowest BCUT2D eigenvalue weighted by atomic mass is 9.89. The lowest BCUT2D eigenvalue weighted by Gasteiger charge is -2.44. The van der Waals surface area contributed by atoms with E-state index in [1.807, 2.05) is 0 Å². The predicted molar refractivity (Wildman–Crippen MR) is 453 cm³/mol. The molecule has 3 saturated heterocycles. The first-order valence-corrected chi connectivity index (χ1v) is 42.7. The number of fused-ring (bicyclic) bond motifs is 14. The fraction of sp³-hybridized carbons (Fsp3) is 0.420. The zero-order valence-electron chi connectivity index (χ0n) is 70.3. The smallest absolute Gasteiger partial charge is 0.330 e. The maximum absolute atomic E-state index is 17.0. The molecule has 25 N–H and O–H groups in total. The molecule has 9 heterocycles. The quantitative estimate of drug-likeness (QED) is 0.0503. The van der Waals surface area contributed by atoms with Crippen LogP contribution in [0.3, 0.4) is 0 Å². The summed E-state index contributed by atoms with van der Waals surface area (Å²) >= 11 is 14.7. The molecule has 0 saturated carbocycles. The Kier molecular flexibility index (Phi) is 29.5. The third-order valence-electron chi connectivity index (χ3n) is 23.4. The summed E-state index contributed by atoms with van der Waals surface area (Å²) in [6, 6.07) is 0.658. The number of hydrogen-bond donors (Lipinski definition) is 24. The predicted octanol–water partition coefficient (Wildman–Crippen LogP) is 1.02. The Morgan fingerprint density at radius 3 is 1.68 bits per heavy atom. The van der Waals surface area contributed by atoms with Crippen LogP contribution < -0.4 is 72.0 Å². The first-order valence-electron chi connectivity index (χ1n) is 42.0. The standard InChI is InChI=1S/C88H97Cl2N9O33/c1-33(2)8-6-4-5-7-9-60(108)94-68-74(113)71(110)58(31-101)129-87(68)132-78-55-25-40-26-56(78)126-52-17-13-38(23-47(52)90)77(131-86-67(92-34(3)103)73(112)70(109)57(30-100)128-86)69-84(121)98-66(85(122)123)45-28-42(105)29-54(127-88-76(115)75(114)72(111)59(32-102)130-88)61(45)44-22-37(12-14-49(44)106)63(81(118)99-69)96-83(120)65(40)97-82(119)64-39-20-41(104)27-43(21-39)124-53-24-36(11-15-50(53)107)62(91)80(117)93-48(79(116)95-64)19-35-10-16-51(125-55)46(89)18-35/h10-18,20-29,33,48,57-59,62-77,86-88,100-102,104-107,109-115H,4-9,19,30-32,91H2,1-3H3,(H,92,103)(H,93,117)(H,94,108)(H,95,116)(H,96,120)(H,97,119)(H,98,121)(H,99,118)(H,122,123)/t48-,57-,58-,59-,62-,63-,64+,65-,66+,67-,68-,69+,70-,71-,72-,73-,74-,75+,76+,77?,86+,87+,88+/m1/s1. The number of aromatic hydroxyl groups is 4. The van der Waals surface area contributed by atoms with Crippen LogP contribution in [-0.4, -0.2) is 254 Å². The van der Waals surface area contributed by atoms with E-state index in [1.54, 1.807) is 0 Å². The first kappa shape index (κ1) is 96.0. The number of ether oxygens (including phenoxy) is 9. The van der Waals surface area contributed by atoms with Gasteiger partial charge < -0.3 is 167 Å². The number of nitrogens with one attached hydrogen (secondary N) is 8. The van der Waals surface area contributed by atoms with E-state index in [0.29, 0.717) is 18.8 Å². The lowest BCUT2D eigenvalue weighted by molar-refractivity contribution is -0.284. The zero-order valence-corrected chi connectivity index (χ0v) is 71.8. The number of phenols is 4. The summed E-state index contributed by atoms with van der Waals surface area (Å²) in [5, 5.41) is 190. The van der Waals surface area contributed by atoms with Crippen LogP contribution in [-0.2, 0) is 68.5 Å². The highest BCUT2D eigenvalue weighted by atomic mass is 35.5. The van der Waals surface area contributed by atoms with Gasteiger partial charge in [-0.15, -0.1) is 0 Å². The molecule has 0 radical (unpaired) electrons. The molecule has 706 valence electrons. The highest BCUT2D eigenvalue weighted by Gasteiger charge is 2.52. The fourth-order valence-corrected chi connectivity index (χ4v) is 16.9. The third kappa shape index (κ3) is 20.7. The largest absolute Gasteiger partial charge is 0.508 e. The summed E-state index contributed by atoms with van der Waals surface area (Å²) in [6.07, 6.45) is -25.9. The van der Waals surface area contributed by atoms with Crippen LogP contribution >= 0.6 is 23.2 Å². The van der Waals surface area contributed by atoms with Crippen molar-refractivity contribution < 1.29 is 162 Å². The summed E-state index contributed by atoms with van der Waals surface area (Å²) in [7, 11) is 0. The van der Waals surface area contributed by atoms with Gasteiger partial charge in [0.1, 0.15) is 156 Å². The van der Waals surface area contributed by atoms with Gasteiger partial charge >= 0.3 is 5.97 Å². The average Bonchev–Trinajstić information content (AvgIpc) is 0.748. The average molecular weight is 1880 g/mol. The van der Waals surface area contributed by atoms with E-state index >= 15 is 24.0 Å². The van der Waals surface area contributed by atoms with E-state index in [2.05, 4.69) is 56.4 Å². The van der Waals surface area contributed by atoms with Crippen molar-refractivity contribution in [2.75, 3.05) is 19.8 Å².